The summed E-state index contributed by atoms with van der Waals surface area (Å²) in [7, 11) is 0. The van der Waals surface area contributed by atoms with Gasteiger partial charge in [0.05, 0.1) is 5.54 Å². The van der Waals surface area contributed by atoms with E-state index in [1.54, 1.807) is 0 Å². The summed E-state index contributed by atoms with van der Waals surface area (Å²) in [6.45, 7) is 40.7. The molecule has 4 heteroatoms. The zero-order valence-electron chi connectivity index (χ0n) is 46.1. The summed E-state index contributed by atoms with van der Waals surface area (Å²) in [5.74, 6) is 0. The maximum Gasteiger partial charge on any atom is 0.252 e. The molecule has 0 radical (unpaired) electrons. The minimum absolute atomic E-state index is 0.0211. The fraction of sp³-hybridized carbons (Fsp3) is 0.455. The highest BCUT2D eigenvalue weighted by molar-refractivity contribution is 7.00. The second-order valence-electron chi connectivity index (χ2n) is 27.5. The van der Waals surface area contributed by atoms with Gasteiger partial charge in [-0.3, -0.25) is 0 Å². The Kier molecular flexibility index (Phi) is 11.2. The van der Waals surface area contributed by atoms with E-state index in [9.17, 15) is 0 Å². The van der Waals surface area contributed by atoms with E-state index < -0.39 is 0 Å². The molecule has 3 nitrogen and oxygen atoms in total. The van der Waals surface area contributed by atoms with E-state index in [0.717, 1.165) is 6.42 Å². The summed E-state index contributed by atoms with van der Waals surface area (Å²) in [5.41, 5.74) is 22.4. The summed E-state index contributed by atoms with van der Waals surface area (Å²) >= 11 is 0. The van der Waals surface area contributed by atoms with Crippen molar-refractivity contribution in [3.63, 3.8) is 0 Å². The van der Waals surface area contributed by atoms with E-state index in [-0.39, 0.29) is 44.7 Å². The van der Waals surface area contributed by atoms with Crippen molar-refractivity contribution in [2.24, 2.45) is 0 Å². The van der Waals surface area contributed by atoms with Crippen molar-refractivity contribution in [3.05, 3.63) is 149 Å². The molecule has 0 N–H and O–H groups in total. The third-order valence-electron chi connectivity index (χ3n) is 17.5. The van der Waals surface area contributed by atoms with Gasteiger partial charge in [0.1, 0.15) is 0 Å². The molecule has 3 aliphatic heterocycles. The van der Waals surface area contributed by atoms with Gasteiger partial charge in [-0.1, -0.05) is 197 Å². The highest BCUT2D eigenvalue weighted by Crippen LogP contribution is 2.61. The van der Waals surface area contributed by atoms with Crippen molar-refractivity contribution >= 4 is 68.6 Å². The Morgan fingerprint density at radius 2 is 0.800 bits per heavy atom. The topological polar surface area (TPSA) is 9.72 Å². The van der Waals surface area contributed by atoms with Gasteiger partial charge in [0.25, 0.3) is 6.71 Å². The van der Waals surface area contributed by atoms with Crippen molar-refractivity contribution in [1.82, 2.24) is 0 Å². The molecular weight excluding hydrogens is 846 g/mol. The number of nitrogens with zero attached hydrogens (tertiary/aromatic N) is 3. The molecule has 1 fully saturated rings. The van der Waals surface area contributed by atoms with Crippen LogP contribution in [0.25, 0.3) is 0 Å². The van der Waals surface area contributed by atoms with Gasteiger partial charge in [0.15, 0.2) is 0 Å². The van der Waals surface area contributed by atoms with Crippen LogP contribution in [0, 0.1) is 0 Å². The smallest absolute Gasteiger partial charge is 0.252 e. The monoisotopic (exact) mass is 928 g/mol. The molecule has 0 spiro atoms. The van der Waals surface area contributed by atoms with E-state index >= 15 is 0 Å². The first kappa shape index (κ1) is 48.4. The van der Waals surface area contributed by atoms with Crippen LogP contribution in [0.15, 0.2) is 115 Å². The maximum absolute atomic E-state index is 2.86. The van der Waals surface area contributed by atoms with Crippen LogP contribution in [0.1, 0.15) is 190 Å². The van der Waals surface area contributed by atoms with Crippen LogP contribution >= 0.6 is 0 Å². The van der Waals surface area contributed by atoms with Crippen molar-refractivity contribution in [2.45, 2.75) is 194 Å². The highest BCUT2D eigenvalue weighted by Gasteiger charge is 2.57. The lowest BCUT2D eigenvalue weighted by Gasteiger charge is -2.50. The normalized spacial score (nSPS) is 20.3. The quantitative estimate of drug-likeness (QED) is 0.164. The van der Waals surface area contributed by atoms with E-state index in [4.69, 9.17) is 0 Å². The van der Waals surface area contributed by atoms with E-state index in [2.05, 4.69) is 248 Å². The van der Waals surface area contributed by atoms with Crippen LogP contribution in [0.3, 0.4) is 0 Å². The van der Waals surface area contributed by atoms with E-state index in [0.29, 0.717) is 0 Å². The Balaban J connectivity index is 1.37. The largest absolute Gasteiger partial charge is 0.334 e. The Bertz CT molecular complexity index is 2880. The number of fused-ring (bicyclic) bond motifs is 7. The summed E-state index contributed by atoms with van der Waals surface area (Å²) in [6.07, 6.45) is 7.40. The number of hydrogen-bond donors (Lipinski definition) is 0. The van der Waals surface area contributed by atoms with Gasteiger partial charge in [-0.25, -0.2) is 0 Å². The molecule has 2 unspecified atom stereocenters. The lowest BCUT2D eigenvalue weighted by atomic mass is 9.33. The minimum Gasteiger partial charge on any atom is -0.334 e. The molecule has 364 valence electrons. The first-order valence-electron chi connectivity index (χ1n) is 26.8. The molecule has 70 heavy (non-hydrogen) atoms. The summed E-state index contributed by atoms with van der Waals surface area (Å²) in [6, 6.07) is 46.7. The van der Waals surface area contributed by atoms with Gasteiger partial charge < -0.3 is 14.7 Å². The number of anilines is 8. The summed E-state index contributed by atoms with van der Waals surface area (Å²) < 4.78 is 0. The minimum atomic E-state index is -0.154. The lowest BCUT2D eigenvalue weighted by molar-refractivity contribution is 0.217. The van der Waals surface area contributed by atoms with E-state index in [1.165, 1.54) is 127 Å². The fourth-order valence-electron chi connectivity index (χ4n) is 12.8. The molecule has 0 aromatic heterocycles. The highest BCUT2D eigenvalue weighted by atomic mass is 15.3. The Hall–Kier alpha value is -5.22. The van der Waals surface area contributed by atoms with Crippen molar-refractivity contribution in [2.75, 3.05) is 14.7 Å². The van der Waals surface area contributed by atoms with Crippen LogP contribution in [-0.2, 0) is 32.5 Å². The predicted molar refractivity (Wildman–Crippen MR) is 306 cm³/mol. The van der Waals surface area contributed by atoms with Crippen LogP contribution in [-0.4, -0.2) is 12.3 Å². The standard InChI is InChI=1S/C66H82BN3/c1-60(2,3)43-24-22-26-48(36-43)68-55-39-46(63(10,11)12)28-31-52(55)67-53-32-29-47(64(13,14)15)40-56(53)69(49-27-23-25-44(37-49)61(4,5)6)58-42-50(41-57(68)59(58)67)70-54-33-30-45(62(7,8)9)38-51(54)65(16)34-20-18-19-21-35-66(65,70)17/h22-33,36-42H,18-21,34-35H2,1-17H3. The van der Waals surface area contributed by atoms with Crippen LogP contribution in [0.5, 0.6) is 0 Å². The van der Waals surface area contributed by atoms with Crippen LogP contribution in [0.2, 0.25) is 0 Å². The van der Waals surface area contributed by atoms with Gasteiger partial charge in [0, 0.05) is 50.9 Å². The molecule has 3 heterocycles. The molecule has 0 bridgehead atoms. The van der Waals surface area contributed by atoms with Crippen LogP contribution < -0.4 is 31.1 Å². The first-order valence-corrected chi connectivity index (χ1v) is 26.8. The molecule has 1 aliphatic carbocycles. The average Bonchev–Trinajstić information content (AvgIpc) is 3.45. The van der Waals surface area contributed by atoms with Crippen molar-refractivity contribution in [1.29, 1.82) is 0 Å². The molecule has 10 rings (SSSR count). The molecule has 4 aliphatic rings. The molecule has 6 aromatic rings. The molecular formula is C66H82BN3. The zero-order valence-corrected chi connectivity index (χ0v) is 46.1. The average molecular weight is 928 g/mol. The number of hydrogen-bond acceptors (Lipinski definition) is 3. The number of benzene rings is 6. The lowest BCUT2D eigenvalue weighted by Crippen LogP contribution is -2.61. The first-order chi connectivity index (χ1) is 32.6. The van der Waals surface area contributed by atoms with E-state index in [1.807, 2.05) is 0 Å². The van der Waals surface area contributed by atoms with Crippen molar-refractivity contribution < 1.29 is 0 Å². The Morgan fingerprint density at radius 1 is 0.386 bits per heavy atom. The van der Waals surface area contributed by atoms with Crippen LogP contribution in [0.4, 0.5) is 45.5 Å². The second kappa shape index (κ2) is 16.1. The Labute approximate surface area is 424 Å². The predicted octanol–water partition coefficient (Wildman–Crippen LogP) is 16.8. The van der Waals surface area contributed by atoms with Crippen molar-refractivity contribution in [3.8, 4) is 0 Å². The summed E-state index contributed by atoms with van der Waals surface area (Å²) in [4.78, 5) is 8.22. The maximum atomic E-state index is 2.86. The molecule has 6 aromatic carbocycles. The van der Waals surface area contributed by atoms with Gasteiger partial charge >= 0.3 is 0 Å². The Morgan fingerprint density at radius 3 is 1.26 bits per heavy atom. The number of rotatable bonds is 3. The van der Waals surface area contributed by atoms with Gasteiger partial charge in [0.2, 0.25) is 0 Å². The zero-order chi connectivity index (χ0) is 50.3. The summed E-state index contributed by atoms with van der Waals surface area (Å²) in [5, 5.41) is 0. The third-order valence-corrected chi connectivity index (χ3v) is 17.5. The second-order valence-corrected chi connectivity index (χ2v) is 27.5. The van der Waals surface area contributed by atoms with Gasteiger partial charge in [-0.05, 0) is 151 Å². The third kappa shape index (κ3) is 7.76. The molecule has 2 atom stereocenters. The molecule has 1 saturated carbocycles. The van der Waals surface area contributed by atoms with Gasteiger partial charge in [-0.15, -0.1) is 0 Å². The SMILES string of the molecule is CC(C)(C)c1cccc(N2c3cc(C(C)(C)C)ccc3B3c4ccc(C(C)(C)C)cc4N(c4cccc(C(C)(C)C)c4)c4cc(N5c6ccc(C(C)(C)C)cc6C6(C)CCCCCCC56C)cc2c43)c1. The molecule has 0 amide bonds. The van der Waals surface area contributed by atoms with Gasteiger partial charge in [-0.2, -0.15) is 0 Å². The fourth-order valence-corrected chi connectivity index (χ4v) is 12.8. The molecule has 0 saturated heterocycles.